The van der Waals surface area contributed by atoms with Gasteiger partial charge in [-0.05, 0) is 52.3 Å². The molecule has 0 aromatic heterocycles. The lowest BCUT2D eigenvalue weighted by Crippen LogP contribution is -2.47. The Morgan fingerprint density at radius 1 is 1.32 bits per heavy atom. The van der Waals surface area contributed by atoms with Gasteiger partial charge in [0.2, 0.25) is 0 Å². The van der Waals surface area contributed by atoms with E-state index in [9.17, 15) is 4.79 Å². The van der Waals surface area contributed by atoms with Gasteiger partial charge in [-0.15, -0.1) is 0 Å². The zero-order chi connectivity index (χ0) is 14.3. The van der Waals surface area contributed by atoms with Crippen LogP contribution in [0, 0.1) is 6.92 Å². The van der Waals surface area contributed by atoms with Gasteiger partial charge in [-0.3, -0.25) is 4.79 Å². The number of hydrogen-bond donors (Lipinski definition) is 2. The third-order valence-corrected chi connectivity index (χ3v) is 3.38. The minimum atomic E-state index is -0.843. The van der Waals surface area contributed by atoms with Gasteiger partial charge in [0, 0.05) is 0 Å². The van der Waals surface area contributed by atoms with Crippen molar-refractivity contribution in [2.24, 2.45) is 0 Å². The van der Waals surface area contributed by atoms with Gasteiger partial charge in [0.15, 0.2) is 0 Å². The van der Waals surface area contributed by atoms with Gasteiger partial charge >= 0.3 is 5.97 Å². The summed E-state index contributed by atoms with van der Waals surface area (Å²) in [6, 6.07) is 7.92. The lowest BCUT2D eigenvalue weighted by Gasteiger charge is -2.23. The topological polar surface area (TPSA) is 58.6 Å². The van der Waals surface area contributed by atoms with Crippen LogP contribution in [-0.4, -0.2) is 30.3 Å². The van der Waals surface area contributed by atoms with Crippen LogP contribution in [0.5, 0.6) is 5.75 Å². The van der Waals surface area contributed by atoms with Crippen LogP contribution in [0.2, 0.25) is 0 Å². The van der Waals surface area contributed by atoms with E-state index in [1.54, 1.807) is 14.0 Å². The largest absolute Gasteiger partial charge is 0.494 e. The van der Waals surface area contributed by atoms with Gasteiger partial charge in [0.25, 0.3) is 0 Å². The Morgan fingerprint density at radius 2 is 1.95 bits per heavy atom. The molecule has 1 unspecified atom stereocenters. The van der Waals surface area contributed by atoms with E-state index in [1.807, 2.05) is 31.2 Å². The Bertz CT molecular complexity index is 402. The number of aliphatic carboxylic acids is 1. The van der Waals surface area contributed by atoms with Crippen molar-refractivity contribution in [3.63, 3.8) is 0 Å². The summed E-state index contributed by atoms with van der Waals surface area (Å²) >= 11 is 0. The SMILES string of the molecule is CNC(C)(CCCCOc1ccc(C)cc1)C(=O)O. The van der Waals surface area contributed by atoms with E-state index in [4.69, 9.17) is 9.84 Å². The Balaban J connectivity index is 2.24. The van der Waals surface area contributed by atoms with E-state index in [0.29, 0.717) is 13.0 Å². The number of unbranched alkanes of at least 4 members (excludes halogenated alkanes) is 1. The van der Waals surface area contributed by atoms with E-state index < -0.39 is 11.5 Å². The first kappa shape index (κ1) is 15.5. The van der Waals surface area contributed by atoms with Crippen LogP contribution in [0.4, 0.5) is 0 Å². The molecule has 1 aromatic carbocycles. The van der Waals surface area contributed by atoms with Crippen LogP contribution in [-0.2, 0) is 4.79 Å². The number of carbonyl (C=O) groups is 1. The fraction of sp³-hybridized carbons (Fsp3) is 0.533. The summed E-state index contributed by atoms with van der Waals surface area (Å²) in [5, 5.41) is 12.0. The summed E-state index contributed by atoms with van der Waals surface area (Å²) in [7, 11) is 1.68. The van der Waals surface area contributed by atoms with Gasteiger partial charge in [0.05, 0.1) is 6.61 Å². The predicted molar refractivity (Wildman–Crippen MR) is 75.6 cm³/mol. The second-order valence-electron chi connectivity index (χ2n) is 5.01. The average Bonchev–Trinajstić information content (AvgIpc) is 2.40. The zero-order valence-electron chi connectivity index (χ0n) is 11.9. The molecule has 0 aliphatic rings. The predicted octanol–water partition coefficient (Wildman–Crippen LogP) is 2.61. The number of benzene rings is 1. The first-order valence-corrected chi connectivity index (χ1v) is 6.60. The number of carboxylic acid groups (broad SMARTS) is 1. The van der Waals surface area contributed by atoms with Crippen LogP contribution in [0.1, 0.15) is 31.7 Å². The number of ether oxygens (including phenoxy) is 1. The highest BCUT2D eigenvalue weighted by molar-refractivity contribution is 5.78. The minimum Gasteiger partial charge on any atom is -0.494 e. The molecule has 0 bridgehead atoms. The molecular formula is C15H23NO3. The molecule has 19 heavy (non-hydrogen) atoms. The van der Waals surface area contributed by atoms with Gasteiger partial charge in [-0.2, -0.15) is 0 Å². The number of aryl methyl sites for hydroxylation is 1. The maximum atomic E-state index is 11.1. The van der Waals surface area contributed by atoms with Gasteiger partial charge in [0.1, 0.15) is 11.3 Å². The molecule has 2 N–H and O–H groups in total. The Labute approximate surface area is 114 Å². The smallest absolute Gasteiger partial charge is 0.323 e. The highest BCUT2D eigenvalue weighted by Crippen LogP contribution is 2.15. The molecule has 0 radical (unpaired) electrons. The fourth-order valence-corrected chi connectivity index (χ4v) is 1.74. The molecule has 0 aliphatic carbocycles. The molecule has 0 amide bonds. The minimum absolute atomic E-state index is 0.593. The number of likely N-dealkylation sites (N-methyl/N-ethyl adjacent to an activating group) is 1. The second-order valence-corrected chi connectivity index (χ2v) is 5.01. The van der Waals surface area contributed by atoms with Crippen molar-refractivity contribution < 1.29 is 14.6 Å². The first-order chi connectivity index (χ1) is 8.98. The Kier molecular flexibility index (Phi) is 5.83. The van der Waals surface area contributed by atoms with Gasteiger partial charge in [-0.25, -0.2) is 0 Å². The van der Waals surface area contributed by atoms with Gasteiger partial charge < -0.3 is 15.2 Å². The molecule has 1 atom stereocenters. The molecule has 0 heterocycles. The molecule has 0 fully saturated rings. The average molecular weight is 265 g/mol. The third-order valence-electron chi connectivity index (χ3n) is 3.38. The molecule has 106 valence electrons. The lowest BCUT2D eigenvalue weighted by molar-refractivity contribution is -0.144. The van der Waals surface area contributed by atoms with Crippen LogP contribution in [0.15, 0.2) is 24.3 Å². The third kappa shape index (κ3) is 4.91. The molecular weight excluding hydrogens is 242 g/mol. The van der Waals surface area contributed by atoms with Crippen LogP contribution in [0.3, 0.4) is 0 Å². The maximum Gasteiger partial charge on any atom is 0.323 e. The van der Waals surface area contributed by atoms with Crippen molar-refractivity contribution in [1.82, 2.24) is 5.32 Å². The van der Waals surface area contributed by atoms with Crippen LogP contribution in [0.25, 0.3) is 0 Å². The summed E-state index contributed by atoms with van der Waals surface area (Å²) in [6.45, 7) is 4.35. The summed E-state index contributed by atoms with van der Waals surface area (Å²) in [5.41, 5.74) is 0.364. The lowest BCUT2D eigenvalue weighted by atomic mass is 9.95. The van der Waals surface area contributed by atoms with E-state index >= 15 is 0 Å². The van der Waals surface area contributed by atoms with Crippen molar-refractivity contribution in [2.45, 2.75) is 38.6 Å². The van der Waals surface area contributed by atoms with E-state index in [0.717, 1.165) is 18.6 Å². The standard InChI is InChI=1S/C15H23NO3/c1-12-6-8-13(9-7-12)19-11-5-4-10-15(2,16-3)14(17)18/h6-9,16H,4-5,10-11H2,1-3H3,(H,17,18). The number of nitrogens with one attached hydrogen (secondary N) is 1. The molecule has 0 saturated carbocycles. The Hall–Kier alpha value is -1.55. The second kappa shape index (κ2) is 7.14. The number of rotatable bonds is 8. The van der Waals surface area contributed by atoms with Crippen molar-refractivity contribution in [3.05, 3.63) is 29.8 Å². The molecule has 0 spiro atoms. The van der Waals surface area contributed by atoms with E-state index in [-0.39, 0.29) is 0 Å². The fourth-order valence-electron chi connectivity index (χ4n) is 1.74. The number of hydrogen-bond acceptors (Lipinski definition) is 3. The summed E-state index contributed by atoms with van der Waals surface area (Å²) in [6.07, 6.45) is 2.25. The maximum absolute atomic E-state index is 11.1. The normalized spacial score (nSPS) is 13.8. The van der Waals surface area contributed by atoms with Gasteiger partial charge in [-0.1, -0.05) is 17.7 Å². The Morgan fingerprint density at radius 3 is 2.47 bits per heavy atom. The highest BCUT2D eigenvalue weighted by atomic mass is 16.5. The monoisotopic (exact) mass is 265 g/mol. The molecule has 4 heteroatoms. The van der Waals surface area contributed by atoms with Crippen molar-refractivity contribution in [3.8, 4) is 5.75 Å². The van der Waals surface area contributed by atoms with E-state index in [1.165, 1.54) is 5.56 Å². The zero-order valence-corrected chi connectivity index (χ0v) is 11.9. The quantitative estimate of drug-likeness (QED) is 0.709. The van der Waals surface area contributed by atoms with Crippen LogP contribution < -0.4 is 10.1 Å². The molecule has 0 aliphatic heterocycles. The molecule has 0 saturated heterocycles. The van der Waals surface area contributed by atoms with Crippen LogP contribution >= 0.6 is 0 Å². The van der Waals surface area contributed by atoms with E-state index in [2.05, 4.69) is 5.32 Å². The highest BCUT2D eigenvalue weighted by Gasteiger charge is 2.29. The first-order valence-electron chi connectivity index (χ1n) is 6.60. The van der Waals surface area contributed by atoms with Crippen molar-refractivity contribution >= 4 is 5.97 Å². The number of carboxylic acids is 1. The summed E-state index contributed by atoms with van der Waals surface area (Å²) < 4.78 is 5.60. The summed E-state index contributed by atoms with van der Waals surface area (Å²) in [4.78, 5) is 11.1. The molecule has 4 nitrogen and oxygen atoms in total. The van der Waals surface area contributed by atoms with Crippen molar-refractivity contribution in [1.29, 1.82) is 0 Å². The molecule has 1 rings (SSSR count). The van der Waals surface area contributed by atoms with Crippen molar-refractivity contribution in [2.75, 3.05) is 13.7 Å². The molecule has 1 aromatic rings. The summed E-state index contributed by atoms with van der Waals surface area (Å²) in [5.74, 6) is 0.0506.